The highest BCUT2D eigenvalue weighted by molar-refractivity contribution is 14.1. The molecule has 0 aliphatic heterocycles. The molecule has 1 rings (SSSR count). The van der Waals surface area contributed by atoms with Crippen LogP contribution in [-0.2, 0) is 4.79 Å². The molecule has 56 valence electrons. The molecule has 1 nitrogen and oxygen atoms in total. The third-order valence-corrected chi connectivity index (χ3v) is 1.96. The average molecular weight is 258 g/mol. The van der Waals surface area contributed by atoms with Gasteiger partial charge in [0.2, 0.25) is 0 Å². The van der Waals surface area contributed by atoms with E-state index in [9.17, 15) is 4.79 Å². The number of benzene rings is 1. The molecule has 0 N–H and O–H groups in total. The van der Waals surface area contributed by atoms with Crippen molar-refractivity contribution in [2.24, 2.45) is 0 Å². The van der Waals surface area contributed by atoms with E-state index >= 15 is 0 Å². The van der Waals surface area contributed by atoms with Crippen LogP contribution in [0.3, 0.4) is 0 Å². The van der Waals surface area contributed by atoms with E-state index in [0.29, 0.717) is 0 Å². The molecule has 0 saturated carbocycles. The van der Waals surface area contributed by atoms with E-state index in [2.05, 4.69) is 22.6 Å². The lowest BCUT2D eigenvalue weighted by molar-refractivity contribution is -0.104. The van der Waals surface area contributed by atoms with Crippen LogP contribution in [0.1, 0.15) is 5.56 Å². The summed E-state index contributed by atoms with van der Waals surface area (Å²) in [7, 11) is 0. The van der Waals surface area contributed by atoms with E-state index in [1.165, 1.54) is 9.65 Å². The molecule has 0 bridgehead atoms. The molecular formula is C9H7IO. The van der Waals surface area contributed by atoms with Crippen LogP contribution in [-0.4, -0.2) is 6.29 Å². The summed E-state index contributed by atoms with van der Waals surface area (Å²) in [4.78, 5) is 9.96. The van der Waals surface area contributed by atoms with Crippen LogP contribution in [0.4, 0.5) is 0 Å². The summed E-state index contributed by atoms with van der Waals surface area (Å²) < 4.78 is 1.20. The second kappa shape index (κ2) is 4.28. The van der Waals surface area contributed by atoms with Gasteiger partial charge in [0.1, 0.15) is 6.29 Å². The number of aldehydes is 1. The Bertz CT molecular complexity index is 261. The molecule has 0 aromatic heterocycles. The van der Waals surface area contributed by atoms with Gasteiger partial charge < -0.3 is 0 Å². The Hall–Kier alpha value is -0.640. The maximum atomic E-state index is 9.96. The zero-order chi connectivity index (χ0) is 8.10. The Kier molecular flexibility index (Phi) is 3.29. The summed E-state index contributed by atoms with van der Waals surface area (Å²) >= 11 is 2.24. The number of carbonyl (C=O) groups excluding carboxylic acids is 1. The van der Waals surface area contributed by atoms with Gasteiger partial charge in [-0.15, -0.1) is 0 Å². The van der Waals surface area contributed by atoms with Gasteiger partial charge in [-0.1, -0.05) is 18.2 Å². The van der Waals surface area contributed by atoms with Gasteiger partial charge >= 0.3 is 0 Å². The predicted molar refractivity (Wildman–Crippen MR) is 54.3 cm³/mol. The van der Waals surface area contributed by atoms with E-state index < -0.39 is 0 Å². The fourth-order valence-corrected chi connectivity index (χ4v) is 1.08. The normalized spacial score (nSPS) is 10.3. The van der Waals surface area contributed by atoms with Crippen molar-refractivity contribution in [3.05, 3.63) is 39.5 Å². The van der Waals surface area contributed by atoms with Crippen molar-refractivity contribution < 1.29 is 4.79 Å². The van der Waals surface area contributed by atoms with Crippen LogP contribution in [0.5, 0.6) is 0 Å². The molecule has 0 spiro atoms. The molecule has 0 aliphatic rings. The predicted octanol–water partition coefficient (Wildman–Crippen LogP) is 2.50. The highest BCUT2D eigenvalue weighted by atomic mass is 127. The first-order valence-electron chi connectivity index (χ1n) is 3.20. The Balaban J connectivity index is 2.81. The molecule has 0 fully saturated rings. The van der Waals surface area contributed by atoms with Crippen molar-refractivity contribution in [3.63, 3.8) is 0 Å². The van der Waals surface area contributed by atoms with Crippen molar-refractivity contribution in [1.82, 2.24) is 0 Å². The van der Waals surface area contributed by atoms with Gasteiger partial charge in [0, 0.05) is 3.57 Å². The van der Waals surface area contributed by atoms with E-state index in [1.807, 2.05) is 24.3 Å². The van der Waals surface area contributed by atoms with E-state index in [0.717, 1.165) is 11.8 Å². The van der Waals surface area contributed by atoms with Crippen molar-refractivity contribution in [3.8, 4) is 0 Å². The Morgan fingerprint density at radius 3 is 2.36 bits per heavy atom. The van der Waals surface area contributed by atoms with Crippen LogP contribution in [0.2, 0.25) is 0 Å². The Labute approximate surface area is 79.3 Å². The quantitative estimate of drug-likeness (QED) is 0.452. The number of hydrogen-bond acceptors (Lipinski definition) is 1. The van der Waals surface area contributed by atoms with Crippen LogP contribution < -0.4 is 0 Å². The van der Waals surface area contributed by atoms with E-state index in [-0.39, 0.29) is 0 Å². The number of hydrogen-bond donors (Lipinski definition) is 0. The second-order valence-corrected chi connectivity index (χ2v) is 3.29. The highest BCUT2D eigenvalue weighted by Gasteiger charge is 1.85. The van der Waals surface area contributed by atoms with Crippen molar-refractivity contribution in [2.45, 2.75) is 0 Å². The minimum Gasteiger partial charge on any atom is -0.299 e. The first kappa shape index (κ1) is 8.46. The zero-order valence-electron chi connectivity index (χ0n) is 5.83. The topological polar surface area (TPSA) is 17.1 Å². The van der Waals surface area contributed by atoms with Crippen LogP contribution in [0.25, 0.3) is 6.08 Å². The van der Waals surface area contributed by atoms with Gasteiger partial charge in [-0.2, -0.15) is 0 Å². The van der Waals surface area contributed by atoms with Gasteiger partial charge in [-0.3, -0.25) is 4.79 Å². The fourth-order valence-electron chi connectivity index (χ4n) is 0.724. The Morgan fingerprint density at radius 2 is 1.82 bits per heavy atom. The highest BCUT2D eigenvalue weighted by Crippen LogP contribution is 2.07. The fraction of sp³-hybridized carbons (Fsp3) is 0. The van der Waals surface area contributed by atoms with Crippen LogP contribution in [0.15, 0.2) is 30.3 Å². The second-order valence-electron chi connectivity index (χ2n) is 2.05. The summed E-state index contributed by atoms with van der Waals surface area (Å²) in [6.07, 6.45) is 4.04. The number of rotatable bonds is 2. The maximum absolute atomic E-state index is 9.96. The van der Waals surface area contributed by atoms with Gasteiger partial charge in [0.25, 0.3) is 0 Å². The number of halogens is 1. The van der Waals surface area contributed by atoms with Gasteiger partial charge in [0.15, 0.2) is 0 Å². The first-order valence-corrected chi connectivity index (χ1v) is 4.28. The summed E-state index contributed by atoms with van der Waals surface area (Å²) in [5.74, 6) is 0. The lowest BCUT2D eigenvalue weighted by Gasteiger charge is -1.91. The smallest absolute Gasteiger partial charge is 0.142 e. The molecule has 0 aliphatic carbocycles. The monoisotopic (exact) mass is 258 g/mol. The summed E-state index contributed by atoms with van der Waals surface area (Å²) in [5.41, 5.74) is 1.05. The number of carbonyl (C=O) groups is 1. The molecule has 2 heteroatoms. The lowest BCUT2D eigenvalue weighted by atomic mass is 10.2. The van der Waals surface area contributed by atoms with Gasteiger partial charge in [0.05, 0.1) is 0 Å². The van der Waals surface area contributed by atoms with Crippen molar-refractivity contribution in [2.75, 3.05) is 0 Å². The van der Waals surface area contributed by atoms with Crippen LogP contribution in [0, 0.1) is 3.57 Å². The molecule has 0 saturated heterocycles. The molecule has 0 atom stereocenters. The standard InChI is InChI=1S/C9H7IO/c10-9-5-3-8(4-6-9)2-1-7-11/h1-7H. The largest absolute Gasteiger partial charge is 0.299 e. The SMILES string of the molecule is O=CC=Cc1ccc(I)cc1. The van der Waals surface area contributed by atoms with Crippen molar-refractivity contribution >= 4 is 35.0 Å². The summed E-state index contributed by atoms with van der Waals surface area (Å²) in [6, 6.07) is 7.96. The molecular weight excluding hydrogens is 251 g/mol. The van der Waals surface area contributed by atoms with E-state index in [1.54, 1.807) is 6.08 Å². The third kappa shape index (κ3) is 2.84. The lowest BCUT2D eigenvalue weighted by Crippen LogP contribution is -1.72. The Morgan fingerprint density at radius 1 is 1.18 bits per heavy atom. The molecule has 0 amide bonds. The molecule has 11 heavy (non-hydrogen) atoms. The third-order valence-electron chi connectivity index (χ3n) is 1.24. The van der Waals surface area contributed by atoms with Crippen molar-refractivity contribution in [1.29, 1.82) is 0 Å². The first-order chi connectivity index (χ1) is 5.33. The minimum absolute atomic E-state index is 0.776. The molecule has 0 heterocycles. The van der Waals surface area contributed by atoms with Gasteiger partial charge in [-0.25, -0.2) is 0 Å². The molecule has 0 unspecified atom stereocenters. The van der Waals surface area contributed by atoms with Crippen LogP contribution >= 0.6 is 22.6 Å². The number of allylic oxidation sites excluding steroid dienone is 1. The van der Waals surface area contributed by atoms with E-state index in [4.69, 9.17) is 0 Å². The summed E-state index contributed by atoms with van der Waals surface area (Å²) in [6.45, 7) is 0. The summed E-state index contributed by atoms with van der Waals surface area (Å²) in [5, 5.41) is 0. The molecule has 0 radical (unpaired) electrons. The molecule has 1 aromatic rings. The average Bonchev–Trinajstić information content (AvgIpc) is 2.04. The minimum atomic E-state index is 0.776. The van der Waals surface area contributed by atoms with Gasteiger partial charge in [-0.05, 0) is 46.4 Å². The molecule has 1 aromatic carbocycles. The maximum Gasteiger partial charge on any atom is 0.142 e. The zero-order valence-corrected chi connectivity index (χ0v) is 7.99.